The lowest BCUT2D eigenvalue weighted by Crippen LogP contribution is -2.33. The van der Waals surface area contributed by atoms with Crippen molar-refractivity contribution in [2.24, 2.45) is 0 Å². The molecule has 0 spiro atoms. The van der Waals surface area contributed by atoms with Crippen LogP contribution in [-0.4, -0.2) is 30.7 Å². The molecular formula is C19H21NO5. The third-order valence-electron chi connectivity index (χ3n) is 3.62. The lowest BCUT2D eigenvalue weighted by molar-refractivity contribution is -0.137. The molecule has 0 aliphatic carbocycles. The molecule has 0 radical (unpaired) electrons. The maximum Gasteiger partial charge on any atom is 0.305 e. The molecule has 25 heavy (non-hydrogen) atoms. The van der Waals surface area contributed by atoms with Crippen LogP contribution in [0.15, 0.2) is 48.5 Å². The van der Waals surface area contributed by atoms with E-state index in [0.717, 1.165) is 5.56 Å². The minimum Gasteiger partial charge on any atom is -0.497 e. The first kappa shape index (κ1) is 18.3. The monoisotopic (exact) mass is 343 g/mol. The van der Waals surface area contributed by atoms with Crippen LogP contribution in [0.5, 0.6) is 11.5 Å². The third kappa shape index (κ3) is 5.84. The van der Waals surface area contributed by atoms with Gasteiger partial charge in [-0.15, -0.1) is 0 Å². The molecule has 0 heterocycles. The fourth-order valence-corrected chi connectivity index (χ4v) is 2.28. The molecule has 0 aromatic heterocycles. The van der Waals surface area contributed by atoms with E-state index in [1.54, 1.807) is 43.5 Å². The Hall–Kier alpha value is -3.02. The lowest BCUT2D eigenvalue weighted by Gasteiger charge is -2.18. The van der Waals surface area contributed by atoms with Gasteiger partial charge in [0.15, 0.2) is 6.61 Å². The van der Waals surface area contributed by atoms with E-state index in [9.17, 15) is 9.59 Å². The number of methoxy groups -OCH3 is 1. The maximum atomic E-state index is 12.1. The van der Waals surface area contributed by atoms with Crippen molar-refractivity contribution in [1.29, 1.82) is 0 Å². The number of rotatable bonds is 8. The van der Waals surface area contributed by atoms with Crippen molar-refractivity contribution in [3.63, 3.8) is 0 Å². The number of benzene rings is 2. The van der Waals surface area contributed by atoms with Gasteiger partial charge in [0.25, 0.3) is 5.91 Å². The topological polar surface area (TPSA) is 84.9 Å². The summed E-state index contributed by atoms with van der Waals surface area (Å²) in [4.78, 5) is 23.2. The molecule has 6 heteroatoms. The van der Waals surface area contributed by atoms with Crippen LogP contribution < -0.4 is 14.8 Å². The molecule has 2 aromatic rings. The zero-order valence-electron chi connectivity index (χ0n) is 14.2. The molecule has 0 aliphatic rings. The number of carboxylic acids is 1. The molecule has 0 unspecified atom stereocenters. The number of aliphatic carboxylic acids is 1. The van der Waals surface area contributed by atoms with Gasteiger partial charge in [0.1, 0.15) is 11.5 Å². The van der Waals surface area contributed by atoms with Gasteiger partial charge in [-0.25, -0.2) is 0 Å². The first-order chi connectivity index (χ1) is 12.0. The van der Waals surface area contributed by atoms with E-state index < -0.39 is 12.0 Å². The van der Waals surface area contributed by atoms with Crippen molar-refractivity contribution in [3.05, 3.63) is 59.7 Å². The van der Waals surface area contributed by atoms with Gasteiger partial charge in [0.2, 0.25) is 0 Å². The predicted molar refractivity (Wildman–Crippen MR) is 92.8 cm³/mol. The summed E-state index contributed by atoms with van der Waals surface area (Å²) in [5.41, 5.74) is 1.78. The Labute approximate surface area is 146 Å². The number of carbonyl (C=O) groups is 2. The smallest absolute Gasteiger partial charge is 0.305 e. The summed E-state index contributed by atoms with van der Waals surface area (Å²) in [6.45, 7) is 1.77. The van der Waals surface area contributed by atoms with E-state index in [2.05, 4.69) is 5.32 Å². The summed E-state index contributed by atoms with van der Waals surface area (Å²) >= 11 is 0. The summed E-state index contributed by atoms with van der Waals surface area (Å²) in [6.07, 6.45) is -0.220. The number of nitrogens with one attached hydrogen (secondary N) is 1. The zero-order chi connectivity index (χ0) is 18.2. The van der Waals surface area contributed by atoms with Gasteiger partial charge in [-0.1, -0.05) is 29.8 Å². The van der Waals surface area contributed by atoms with Crippen LogP contribution in [0.1, 0.15) is 23.6 Å². The summed E-state index contributed by atoms with van der Waals surface area (Å²) in [5, 5.41) is 11.8. The summed E-state index contributed by atoms with van der Waals surface area (Å²) in [5.74, 6) is -0.143. The summed E-state index contributed by atoms with van der Waals surface area (Å²) in [7, 11) is 1.55. The second kappa shape index (κ2) is 8.73. The van der Waals surface area contributed by atoms with Gasteiger partial charge in [0, 0.05) is 0 Å². The van der Waals surface area contributed by atoms with Crippen LogP contribution in [0.4, 0.5) is 0 Å². The number of carboxylic acid groups (broad SMARTS) is 1. The van der Waals surface area contributed by atoms with Crippen LogP contribution in [0, 0.1) is 6.92 Å². The maximum absolute atomic E-state index is 12.1. The normalized spacial score (nSPS) is 11.4. The van der Waals surface area contributed by atoms with E-state index in [0.29, 0.717) is 17.1 Å². The molecule has 1 atom stereocenters. The van der Waals surface area contributed by atoms with Crippen molar-refractivity contribution in [3.8, 4) is 11.5 Å². The number of hydrogen-bond acceptors (Lipinski definition) is 4. The van der Waals surface area contributed by atoms with Gasteiger partial charge in [-0.2, -0.15) is 0 Å². The van der Waals surface area contributed by atoms with E-state index in [1.165, 1.54) is 0 Å². The van der Waals surface area contributed by atoms with Crippen LogP contribution in [0.25, 0.3) is 0 Å². The van der Waals surface area contributed by atoms with Crippen LogP contribution in [0.3, 0.4) is 0 Å². The minimum absolute atomic E-state index is 0.185. The predicted octanol–water partition coefficient (Wildman–Crippen LogP) is 2.71. The Balaban J connectivity index is 1.98. The molecular weight excluding hydrogens is 322 g/mol. The van der Waals surface area contributed by atoms with Crippen LogP contribution >= 0.6 is 0 Å². The Morgan fingerprint density at radius 3 is 2.20 bits per heavy atom. The highest BCUT2D eigenvalue weighted by molar-refractivity contribution is 5.79. The molecule has 0 saturated carbocycles. The van der Waals surface area contributed by atoms with Crippen molar-refractivity contribution in [2.45, 2.75) is 19.4 Å². The second-order valence-electron chi connectivity index (χ2n) is 5.59. The highest BCUT2D eigenvalue weighted by Crippen LogP contribution is 2.20. The van der Waals surface area contributed by atoms with Crippen LogP contribution in [-0.2, 0) is 9.59 Å². The number of ether oxygens (including phenoxy) is 2. The van der Waals surface area contributed by atoms with Gasteiger partial charge in [-0.05, 0) is 36.8 Å². The highest BCUT2D eigenvalue weighted by atomic mass is 16.5. The Bertz CT molecular complexity index is 710. The van der Waals surface area contributed by atoms with Gasteiger partial charge < -0.3 is 19.9 Å². The lowest BCUT2D eigenvalue weighted by atomic mass is 10.0. The molecule has 132 valence electrons. The quantitative estimate of drug-likeness (QED) is 0.770. The van der Waals surface area contributed by atoms with Gasteiger partial charge >= 0.3 is 5.97 Å². The first-order valence-corrected chi connectivity index (χ1v) is 7.82. The SMILES string of the molecule is COc1ccc([C@@H](CC(=O)O)NC(=O)COc2ccc(C)cc2)cc1. The van der Waals surface area contributed by atoms with E-state index in [4.69, 9.17) is 14.6 Å². The zero-order valence-corrected chi connectivity index (χ0v) is 14.2. The highest BCUT2D eigenvalue weighted by Gasteiger charge is 2.18. The van der Waals surface area contributed by atoms with Crippen molar-refractivity contribution in [2.75, 3.05) is 13.7 Å². The third-order valence-corrected chi connectivity index (χ3v) is 3.62. The largest absolute Gasteiger partial charge is 0.497 e. The van der Waals surface area contributed by atoms with Gasteiger partial charge in [0.05, 0.1) is 19.6 Å². The molecule has 0 saturated heterocycles. The Morgan fingerprint density at radius 1 is 1.04 bits per heavy atom. The molecule has 2 aromatic carbocycles. The molecule has 0 aliphatic heterocycles. The summed E-state index contributed by atoms with van der Waals surface area (Å²) < 4.78 is 10.5. The first-order valence-electron chi connectivity index (χ1n) is 7.82. The van der Waals surface area contributed by atoms with Gasteiger partial charge in [-0.3, -0.25) is 9.59 Å². The fourth-order valence-electron chi connectivity index (χ4n) is 2.28. The molecule has 2 rings (SSSR count). The van der Waals surface area contributed by atoms with Crippen molar-refractivity contribution >= 4 is 11.9 Å². The van der Waals surface area contributed by atoms with Crippen molar-refractivity contribution < 1.29 is 24.2 Å². The molecule has 0 fully saturated rings. The molecule has 1 amide bonds. The Morgan fingerprint density at radius 2 is 1.64 bits per heavy atom. The Kier molecular flexibility index (Phi) is 6.39. The average Bonchev–Trinajstić information content (AvgIpc) is 2.60. The number of amides is 1. The minimum atomic E-state index is -0.999. The van der Waals surface area contributed by atoms with Crippen LogP contribution in [0.2, 0.25) is 0 Å². The number of aryl methyl sites for hydroxylation is 1. The number of carbonyl (C=O) groups excluding carboxylic acids is 1. The molecule has 6 nitrogen and oxygen atoms in total. The molecule has 2 N–H and O–H groups in total. The van der Waals surface area contributed by atoms with E-state index >= 15 is 0 Å². The van der Waals surface area contributed by atoms with E-state index in [1.807, 2.05) is 19.1 Å². The van der Waals surface area contributed by atoms with Crippen molar-refractivity contribution in [1.82, 2.24) is 5.32 Å². The standard InChI is InChI=1S/C19H21NO5/c1-13-3-7-16(8-4-13)25-12-18(21)20-17(11-19(22)23)14-5-9-15(24-2)10-6-14/h3-10,17H,11-12H2,1-2H3,(H,20,21)(H,22,23)/t17-/m1/s1. The average molecular weight is 343 g/mol. The summed E-state index contributed by atoms with van der Waals surface area (Å²) in [6, 6.07) is 13.6. The fraction of sp³-hybridized carbons (Fsp3) is 0.263. The number of hydrogen-bond donors (Lipinski definition) is 2. The van der Waals surface area contributed by atoms with E-state index in [-0.39, 0.29) is 18.9 Å². The second-order valence-corrected chi connectivity index (χ2v) is 5.59. The molecule has 0 bridgehead atoms.